The normalized spacial score (nSPS) is 48.1. The predicted molar refractivity (Wildman–Crippen MR) is 227 cm³/mol. The second-order valence-electron chi connectivity index (χ2n) is 19.4. The van der Waals surface area contributed by atoms with E-state index in [0.717, 1.165) is 12.0 Å². The summed E-state index contributed by atoms with van der Waals surface area (Å²) in [5, 5.41) is 34.3. The lowest BCUT2D eigenvalue weighted by atomic mass is 9.71. The van der Waals surface area contributed by atoms with Crippen LogP contribution in [0.2, 0.25) is 0 Å². The van der Waals surface area contributed by atoms with E-state index in [9.17, 15) is 20.1 Å². The molecule has 1 aliphatic carbocycles. The van der Waals surface area contributed by atoms with Crippen LogP contribution in [0.15, 0.2) is 47.1 Å². The van der Waals surface area contributed by atoms with E-state index in [0.29, 0.717) is 62.0 Å². The van der Waals surface area contributed by atoms with Gasteiger partial charge >= 0.3 is 5.97 Å². The Morgan fingerprint density at radius 3 is 2.34 bits per heavy atom. The number of aliphatic hydroxyl groups is 3. The first-order valence-corrected chi connectivity index (χ1v) is 23.2. The number of allylic oxidation sites excluding steroid dienone is 2. The number of methoxy groups -OCH3 is 2. The summed E-state index contributed by atoms with van der Waals surface area (Å²) in [4.78, 5) is 14.4. The molecular formula is C48H74O14. The van der Waals surface area contributed by atoms with Gasteiger partial charge in [0.2, 0.25) is 0 Å². The fraction of sp³-hybridized carbons (Fsp3) is 0.812. The van der Waals surface area contributed by atoms with Gasteiger partial charge in [-0.3, -0.25) is 4.79 Å². The highest BCUT2D eigenvalue weighted by atomic mass is 16.7. The first-order chi connectivity index (χ1) is 29.5. The summed E-state index contributed by atoms with van der Waals surface area (Å²) in [5.74, 6) is -2.10. The third kappa shape index (κ3) is 9.73. The molecule has 7 aliphatic rings. The van der Waals surface area contributed by atoms with Crippen molar-refractivity contribution in [3.63, 3.8) is 0 Å². The molecule has 3 N–H and O–H groups in total. The monoisotopic (exact) mass is 875 g/mol. The van der Waals surface area contributed by atoms with Gasteiger partial charge in [-0.1, -0.05) is 58.1 Å². The predicted octanol–water partition coefficient (Wildman–Crippen LogP) is 5.60. The summed E-state index contributed by atoms with van der Waals surface area (Å²) in [5.41, 5.74) is 0.210. The number of rotatable bonds is 8. The zero-order chi connectivity index (χ0) is 44.7. The molecule has 5 fully saturated rings. The molecule has 0 saturated carbocycles. The highest BCUT2D eigenvalue weighted by Crippen LogP contribution is 2.48. The van der Waals surface area contributed by atoms with Gasteiger partial charge in [0.1, 0.15) is 42.0 Å². The summed E-state index contributed by atoms with van der Waals surface area (Å²) in [6.07, 6.45) is 6.39. The first kappa shape index (κ1) is 47.9. The van der Waals surface area contributed by atoms with Crippen molar-refractivity contribution in [3.05, 3.63) is 47.1 Å². The molecule has 62 heavy (non-hydrogen) atoms. The van der Waals surface area contributed by atoms with Crippen LogP contribution >= 0.6 is 0 Å². The highest BCUT2D eigenvalue weighted by Gasteiger charge is 2.60. The minimum absolute atomic E-state index is 0.0215. The van der Waals surface area contributed by atoms with Crippen LogP contribution in [-0.4, -0.2) is 139 Å². The van der Waals surface area contributed by atoms with Crippen LogP contribution in [0.4, 0.5) is 0 Å². The second-order valence-corrected chi connectivity index (χ2v) is 19.4. The van der Waals surface area contributed by atoms with Crippen molar-refractivity contribution in [3.8, 4) is 0 Å². The van der Waals surface area contributed by atoms with E-state index in [2.05, 4.69) is 46.8 Å². The summed E-state index contributed by atoms with van der Waals surface area (Å²) >= 11 is 0. The van der Waals surface area contributed by atoms with Gasteiger partial charge in [-0.2, -0.15) is 0 Å². The van der Waals surface area contributed by atoms with Crippen molar-refractivity contribution in [2.45, 2.75) is 204 Å². The van der Waals surface area contributed by atoms with Crippen molar-refractivity contribution in [2.75, 3.05) is 20.8 Å². The van der Waals surface area contributed by atoms with Gasteiger partial charge in [0.05, 0.1) is 49.3 Å². The molecule has 6 heterocycles. The molecule has 0 amide bonds. The van der Waals surface area contributed by atoms with Gasteiger partial charge in [0.15, 0.2) is 18.4 Å². The molecule has 14 heteroatoms. The van der Waals surface area contributed by atoms with E-state index in [1.165, 1.54) is 0 Å². The number of esters is 1. The average Bonchev–Trinajstić information content (AvgIpc) is 3.58. The minimum atomic E-state index is -1.82. The number of carbonyl (C=O) groups is 1. The van der Waals surface area contributed by atoms with Gasteiger partial charge in [-0.25, -0.2) is 0 Å². The fourth-order valence-corrected chi connectivity index (χ4v) is 11.1. The maximum absolute atomic E-state index is 14.4. The van der Waals surface area contributed by atoms with Crippen molar-refractivity contribution in [1.82, 2.24) is 0 Å². The Hall–Kier alpha value is -2.05. The Balaban J connectivity index is 1.19. The highest BCUT2D eigenvalue weighted by molar-refractivity contribution is 5.78. The maximum Gasteiger partial charge on any atom is 0.316 e. The fourth-order valence-electron chi connectivity index (χ4n) is 11.1. The minimum Gasteiger partial charge on any atom is -0.462 e. The number of aliphatic hydroxyl groups excluding tert-OH is 2. The first-order valence-electron chi connectivity index (χ1n) is 23.2. The summed E-state index contributed by atoms with van der Waals surface area (Å²) < 4.78 is 64.0. The standard InChI is InChI=1S/C48H74O14/c1-11-31-13-12-14-32-24-55-45-40(49)28(6)19-35(48(32,45)52)46(51)58-34-20-33(61-47(23-34)18-17-27(5)42(62-47)25(2)3)16-15-26(4)43(31)59-39-22-37(54-10)44(30(8)57-39)60-38-21-36(53-9)41(50)29(7)56-38/h12-15,19,25,27,29-31,33-45,49-50,52H,11,16-18,20-24H2,1-10H3/b13-12-,26-15-,32-14?/t27-,29-,30-,31-,33+,34-,35-,36-,37-,38-,39-,40+,41-,42+,43+,44-,45+,47+,48+/m0/s1. The SMILES string of the molecule is CC[C@H]1/C=C\C=C2CO[C@@H]3[C@H](O)C(C)=C[C@@H](C(=O)O[C@H]4C[C@@H](C/C=C(/C)[C@H]1O[C@H]1C[C@H](OC)[C@@H](O[C@H]5C[C@H](OC)[C@@H](O)[C@H](C)O5)[C@H](C)O1)O[C@@]1(CC[C@H](C)[C@@H](C(C)C)O1)C4)[C@]23O. The number of ether oxygens (including phenoxy) is 10. The quantitative estimate of drug-likeness (QED) is 0.204. The summed E-state index contributed by atoms with van der Waals surface area (Å²) in [6.45, 7) is 16.3. The molecule has 0 unspecified atom stereocenters. The molecule has 0 aromatic heterocycles. The zero-order valence-electron chi connectivity index (χ0n) is 38.5. The van der Waals surface area contributed by atoms with Gasteiger partial charge in [-0.15, -0.1) is 0 Å². The van der Waals surface area contributed by atoms with Crippen LogP contribution in [0.25, 0.3) is 0 Å². The lowest BCUT2D eigenvalue weighted by molar-refractivity contribution is -0.340. The van der Waals surface area contributed by atoms with Crippen LogP contribution in [0.1, 0.15) is 107 Å². The molecule has 350 valence electrons. The average molecular weight is 875 g/mol. The summed E-state index contributed by atoms with van der Waals surface area (Å²) in [7, 11) is 3.23. The third-order valence-electron chi connectivity index (χ3n) is 14.7. The van der Waals surface area contributed by atoms with Crippen LogP contribution in [0, 0.1) is 23.7 Å². The molecule has 7 rings (SSSR count). The van der Waals surface area contributed by atoms with Crippen molar-refractivity contribution in [1.29, 1.82) is 0 Å². The molecule has 2 bridgehead atoms. The molecule has 6 aliphatic heterocycles. The zero-order valence-corrected chi connectivity index (χ0v) is 38.5. The second kappa shape index (κ2) is 19.8. The van der Waals surface area contributed by atoms with Crippen LogP contribution in [0.5, 0.6) is 0 Å². The van der Waals surface area contributed by atoms with Crippen molar-refractivity contribution in [2.24, 2.45) is 23.7 Å². The lowest BCUT2D eigenvalue weighted by Crippen LogP contribution is -2.58. The van der Waals surface area contributed by atoms with Gasteiger partial charge in [-0.05, 0) is 75.5 Å². The van der Waals surface area contributed by atoms with Crippen molar-refractivity contribution >= 4 is 5.97 Å². The Morgan fingerprint density at radius 2 is 1.63 bits per heavy atom. The van der Waals surface area contributed by atoms with E-state index in [4.69, 9.17) is 47.4 Å². The molecule has 1 spiro atoms. The Morgan fingerprint density at radius 1 is 0.919 bits per heavy atom. The Kier molecular flexibility index (Phi) is 15.3. The van der Waals surface area contributed by atoms with E-state index >= 15 is 0 Å². The van der Waals surface area contributed by atoms with Gasteiger partial charge < -0.3 is 62.7 Å². The molecule has 14 nitrogen and oxygen atoms in total. The smallest absolute Gasteiger partial charge is 0.316 e. The molecule has 5 saturated heterocycles. The molecule has 0 aromatic carbocycles. The van der Waals surface area contributed by atoms with E-state index in [1.54, 1.807) is 40.2 Å². The summed E-state index contributed by atoms with van der Waals surface area (Å²) in [6, 6.07) is 0. The van der Waals surface area contributed by atoms with Crippen molar-refractivity contribution < 1.29 is 67.5 Å². The van der Waals surface area contributed by atoms with E-state index in [1.807, 2.05) is 13.0 Å². The third-order valence-corrected chi connectivity index (χ3v) is 14.7. The molecule has 0 radical (unpaired) electrons. The van der Waals surface area contributed by atoms with Crippen LogP contribution in [-0.2, 0) is 52.2 Å². The van der Waals surface area contributed by atoms with Gasteiger partial charge in [0.25, 0.3) is 0 Å². The Bertz CT molecular complexity index is 1680. The topological polar surface area (TPSA) is 170 Å². The molecule has 0 aromatic rings. The van der Waals surface area contributed by atoms with Crippen LogP contribution in [0.3, 0.4) is 0 Å². The number of fused-ring (bicyclic) bond motifs is 2. The molecule has 19 atom stereocenters. The number of carbonyl (C=O) groups excluding carboxylic acids is 1. The van der Waals surface area contributed by atoms with Crippen LogP contribution < -0.4 is 0 Å². The van der Waals surface area contributed by atoms with E-state index < -0.39 is 90.8 Å². The maximum atomic E-state index is 14.4. The van der Waals surface area contributed by atoms with Gasteiger partial charge in [0, 0.05) is 52.2 Å². The Labute approximate surface area is 368 Å². The van der Waals surface area contributed by atoms with E-state index in [-0.39, 0.29) is 36.8 Å². The largest absolute Gasteiger partial charge is 0.462 e. The number of hydrogen-bond donors (Lipinski definition) is 3. The number of hydrogen-bond acceptors (Lipinski definition) is 14. The molecular weight excluding hydrogens is 801 g/mol. The lowest BCUT2D eigenvalue weighted by Gasteiger charge is -2.50.